The van der Waals surface area contributed by atoms with Gasteiger partial charge in [-0.2, -0.15) is 0 Å². The SMILES string of the molecule is c1ccc2c(c1)ccc1nc(-c3ccc(-c4ccc5c(c4)-c4cc6c7ccccc7oc6c6cccc-5c46)cc3)oc12. The molecule has 2 aromatic heterocycles. The molecule has 0 fully saturated rings. The number of para-hydroxylation sites is 1. The maximum absolute atomic E-state index is 6.37. The Morgan fingerprint density at radius 1 is 0.429 bits per heavy atom. The highest BCUT2D eigenvalue weighted by atomic mass is 16.3. The Hall–Kier alpha value is -5.67. The minimum atomic E-state index is 0.639. The zero-order valence-electron chi connectivity index (χ0n) is 22.4. The maximum Gasteiger partial charge on any atom is 0.227 e. The standard InChI is InChI=1S/C39H21NO2/c1-2-7-26-23(6-1)17-19-34-38(26)42-39(40-34)24-14-12-22(13-15-24)25-16-18-27-29-9-5-10-30-36(29)32(31(27)20-25)21-33-28-8-3-4-11-35(28)41-37(30)33/h1-21H. The molecule has 0 unspecified atom stereocenters. The maximum atomic E-state index is 6.37. The Kier molecular flexibility index (Phi) is 4.18. The van der Waals surface area contributed by atoms with E-state index in [1.165, 1.54) is 44.0 Å². The summed E-state index contributed by atoms with van der Waals surface area (Å²) in [5.41, 5.74) is 12.0. The van der Waals surface area contributed by atoms with Crippen molar-refractivity contribution in [1.82, 2.24) is 4.98 Å². The lowest BCUT2D eigenvalue weighted by Gasteiger charge is -2.08. The summed E-state index contributed by atoms with van der Waals surface area (Å²) in [7, 11) is 0. The van der Waals surface area contributed by atoms with E-state index in [0.717, 1.165) is 49.6 Å². The number of nitrogens with zero attached hydrogens (tertiary/aromatic N) is 1. The summed E-state index contributed by atoms with van der Waals surface area (Å²) in [6.07, 6.45) is 0. The summed E-state index contributed by atoms with van der Waals surface area (Å²) < 4.78 is 12.7. The molecule has 0 saturated carbocycles. The topological polar surface area (TPSA) is 39.2 Å². The van der Waals surface area contributed by atoms with Crippen LogP contribution in [0.1, 0.15) is 0 Å². The van der Waals surface area contributed by atoms with Crippen LogP contribution in [-0.2, 0) is 0 Å². The molecule has 10 rings (SSSR count). The van der Waals surface area contributed by atoms with Crippen molar-refractivity contribution in [3.05, 3.63) is 127 Å². The van der Waals surface area contributed by atoms with Crippen molar-refractivity contribution in [2.45, 2.75) is 0 Å². The summed E-state index contributed by atoms with van der Waals surface area (Å²) in [6.45, 7) is 0. The van der Waals surface area contributed by atoms with Crippen LogP contribution in [0.2, 0.25) is 0 Å². The van der Waals surface area contributed by atoms with Crippen LogP contribution in [-0.4, -0.2) is 4.98 Å². The molecule has 7 aromatic carbocycles. The van der Waals surface area contributed by atoms with Crippen LogP contribution >= 0.6 is 0 Å². The molecule has 1 aliphatic carbocycles. The van der Waals surface area contributed by atoms with Gasteiger partial charge >= 0.3 is 0 Å². The van der Waals surface area contributed by atoms with Crippen molar-refractivity contribution >= 4 is 54.6 Å². The fourth-order valence-corrected chi connectivity index (χ4v) is 6.86. The highest BCUT2D eigenvalue weighted by Crippen LogP contribution is 2.51. The van der Waals surface area contributed by atoms with Crippen LogP contribution in [0.3, 0.4) is 0 Å². The lowest BCUT2D eigenvalue weighted by Crippen LogP contribution is -1.83. The number of fused-ring (bicyclic) bond motifs is 10. The average Bonchev–Trinajstić information content (AvgIpc) is 3.75. The fraction of sp³-hybridized carbons (Fsp3) is 0. The summed E-state index contributed by atoms with van der Waals surface area (Å²) in [5, 5.41) is 7.00. The third kappa shape index (κ3) is 2.92. The minimum Gasteiger partial charge on any atom is -0.455 e. The van der Waals surface area contributed by atoms with Crippen molar-refractivity contribution in [3.63, 3.8) is 0 Å². The molecule has 0 saturated heterocycles. The van der Waals surface area contributed by atoms with Crippen LogP contribution in [0.4, 0.5) is 0 Å². The number of hydrogen-bond donors (Lipinski definition) is 0. The van der Waals surface area contributed by atoms with E-state index in [1.807, 2.05) is 24.3 Å². The molecule has 9 aromatic rings. The molecule has 0 bridgehead atoms. The second-order valence-corrected chi connectivity index (χ2v) is 11.1. The molecule has 1 aliphatic rings. The van der Waals surface area contributed by atoms with Crippen LogP contribution in [0.5, 0.6) is 0 Å². The molecule has 0 radical (unpaired) electrons. The molecule has 194 valence electrons. The van der Waals surface area contributed by atoms with Crippen LogP contribution in [0.25, 0.3) is 99.4 Å². The van der Waals surface area contributed by atoms with E-state index < -0.39 is 0 Å². The Bertz CT molecular complexity index is 2570. The number of furan rings is 1. The lowest BCUT2D eigenvalue weighted by atomic mass is 9.96. The molecular formula is C39H21NO2. The Morgan fingerprint density at radius 3 is 2.14 bits per heavy atom. The zero-order valence-corrected chi connectivity index (χ0v) is 22.4. The molecule has 3 nitrogen and oxygen atoms in total. The van der Waals surface area contributed by atoms with Gasteiger partial charge in [-0.25, -0.2) is 4.98 Å². The summed E-state index contributed by atoms with van der Waals surface area (Å²) >= 11 is 0. The molecule has 0 N–H and O–H groups in total. The van der Waals surface area contributed by atoms with Gasteiger partial charge in [0.25, 0.3) is 0 Å². The first-order chi connectivity index (χ1) is 20.8. The molecular weight excluding hydrogens is 514 g/mol. The van der Waals surface area contributed by atoms with Gasteiger partial charge in [0.2, 0.25) is 5.89 Å². The van der Waals surface area contributed by atoms with E-state index in [4.69, 9.17) is 13.8 Å². The molecule has 3 heteroatoms. The first-order valence-corrected chi connectivity index (χ1v) is 14.2. The molecule has 42 heavy (non-hydrogen) atoms. The number of aromatic nitrogens is 1. The highest BCUT2D eigenvalue weighted by Gasteiger charge is 2.25. The second kappa shape index (κ2) is 7.96. The summed E-state index contributed by atoms with van der Waals surface area (Å²) in [6, 6.07) is 44.9. The number of benzene rings is 7. The van der Waals surface area contributed by atoms with Crippen LogP contribution in [0, 0.1) is 0 Å². The summed E-state index contributed by atoms with van der Waals surface area (Å²) in [4.78, 5) is 4.80. The van der Waals surface area contributed by atoms with Crippen molar-refractivity contribution in [3.8, 4) is 44.8 Å². The average molecular weight is 536 g/mol. The van der Waals surface area contributed by atoms with Crippen molar-refractivity contribution < 1.29 is 8.83 Å². The zero-order chi connectivity index (χ0) is 27.4. The van der Waals surface area contributed by atoms with Gasteiger partial charge in [0.05, 0.1) is 0 Å². The van der Waals surface area contributed by atoms with Gasteiger partial charge in [-0.15, -0.1) is 0 Å². The van der Waals surface area contributed by atoms with Gasteiger partial charge in [0.1, 0.15) is 16.7 Å². The molecule has 0 atom stereocenters. The Labute approximate surface area is 240 Å². The molecule has 2 heterocycles. The number of rotatable bonds is 2. The van der Waals surface area contributed by atoms with E-state index in [-0.39, 0.29) is 0 Å². The number of hydrogen-bond acceptors (Lipinski definition) is 3. The van der Waals surface area contributed by atoms with Crippen LogP contribution in [0.15, 0.2) is 136 Å². The predicted octanol–water partition coefficient (Wildman–Crippen LogP) is 11.0. The van der Waals surface area contributed by atoms with Crippen molar-refractivity contribution in [2.24, 2.45) is 0 Å². The molecule has 0 amide bonds. The summed E-state index contributed by atoms with van der Waals surface area (Å²) in [5.74, 6) is 0.639. The molecule has 0 aliphatic heterocycles. The minimum absolute atomic E-state index is 0.639. The van der Waals surface area contributed by atoms with Crippen molar-refractivity contribution in [2.75, 3.05) is 0 Å². The fourth-order valence-electron chi connectivity index (χ4n) is 6.86. The first kappa shape index (κ1) is 22.1. The van der Waals surface area contributed by atoms with E-state index in [0.29, 0.717) is 5.89 Å². The Morgan fingerprint density at radius 2 is 1.21 bits per heavy atom. The smallest absolute Gasteiger partial charge is 0.227 e. The van der Waals surface area contributed by atoms with Gasteiger partial charge in [-0.05, 0) is 75.2 Å². The largest absolute Gasteiger partial charge is 0.455 e. The van der Waals surface area contributed by atoms with E-state index in [1.54, 1.807) is 0 Å². The Balaban J connectivity index is 1.09. The third-order valence-corrected chi connectivity index (χ3v) is 8.85. The first-order valence-electron chi connectivity index (χ1n) is 14.2. The lowest BCUT2D eigenvalue weighted by molar-refractivity contribution is 0.623. The van der Waals surface area contributed by atoms with Crippen molar-refractivity contribution in [1.29, 1.82) is 0 Å². The second-order valence-electron chi connectivity index (χ2n) is 11.1. The van der Waals surface area contributed by atoms with E-state index >= 15 is 0 Å². The predicted molar refractivity (Wildman–Crippen MR) is 172 cm³/mol. The highest BCUT2D eigenvalue weighted by molar-refractivity contribution is 6.26. The van der Waals surface area contributed by atoms with Gasteiger partial charge < -0.3 is 8.83 Å². The third-order valence-electron chi connectivity index (χ3n) is 8.85. The van der Waals surface area contributed by atoms with E-state index in [2.05, 4.69) is 103 Å². The number of oxazole rings is 1. The van der Waals surface area contributed by atoms with Gasteiger partial charge in [0, 0.05) is 32.5 Å². The van der Waals surface area contributed by atoms with Gasteiger partial charge in [-0.3, -0.25) is 0 Å². The van der Waals surface area contributed by atoms with E-state index in [9.17, 15) is 0 Å². The monoisotopic (exact) mass is 535 g/mol. The molecule has 0 spiro atoms. The van der Waals surface area contributed by atoms with Gasteiger partial charge in [-0.1, -0.05) is 91.0 Å². The van der Waals surface area contributed by atoms with Gasteiger partial charge in [0.15, 0.2) is 5.58 Å². The van der Waals surface area contributed by atoms with Crippen LogP contribution < -0.4 is 0 Å². The quantitative estimate of drug-likeness (QED) is 0.221. The normalized spacial score (nSPS) is 12.3.